The van der Waals surface area contributed by atoms with E-state index in [2.05, 4.69) is 4.98 Å². The lowest BCUT2D eigenvalue weighted by atomic mass is 10.1. The van der Waals surface area contributed by atoms with Gasteiger partial charge in [0, 0.05) is 37.3 Å². The Kier molecular flexibility index (Phi) is 4.56. The van der Waals surface area contributed by atoms with Gasteiger partial charge in [0.1, 0.15) is 11.3 Å². The van der Waals surface area contributed by atoms with Crippen LogP contribution in [0.2, 0.25) is 0 Å². The van der Waals surface area contributed by atoms with Crippen LogP contribution in [0.25, 0.3) is 11.2 Å². The number of likely N-dealkylation sites (tertiary alicyclic amines) is 1. The molecule has 5 nitrogen and oxygen atoms in total. The molecule has 8 heteroatoms. The summed E-state index contributed by atoms with van der Waals surface area (Å²) in [6, 6.07) is 8.32. The molecular weight excluding hydrogens is 369 g/mol. The fourth-order valence-electron chi connectivity index (χ4n) is 3.77. The molecule has 0 N–H and O–H groups in total. The van der Waals surface area contributed by atoms with Crippen LogP contribution in [0, 0.1) is 0 Å². The molecule has 1 aliphatic heterocycles. The third kappa shape index (κ3) is 3.23. The first-order valence-electron chi connectivity index (χ1n) is 9.16. The predicted octanol–water partition coefficient (Wildman–Crippen LogP) is 4.10. The number of aryl methyl sites for hydroxylation is 1. The highest BCUT2D eigenvalue weighted by Gasteiger charge is 2.34. The van der Waals surface area contributed by atoms with Crippen LogP contribution in [0.5, 0.6) is 0 Å². The van der Waals surface area contributed by atoms with E-state index in [1.807, 2.05) is 23.6 Å². The number of halogens is 3. The zero-order valence-electron chi connectivity index (χ0n) is 15.3. The monoisotopic (exact) mass is 388 g/mol. The van der Waals surface area contributed by atoms with E-state index in [0.717, 1.165) is 29.1 Å². The molecule has 2 aromatic heterocycles. The molecule has 3 aromatic rings. The van der Waals surface area contributed by atoms with Gasteiger partial charge in [-0.1, -0.05) is 6.07 Å². The van der Waals surface area contributed by atoms with Crippen LogP contribution in [0.15, 0.2) is 42.6 Å². The van der Waals surface area contributed by atoms with E-state index in [9.17, 15) is 18.0 Å². The van der Waals surface area contributed by atoms with Gasteiger partial charge >= 0.3 is 6.18 Å². The number of imidazole rings is 1. The zero-order chi connectivity index (χ0) is 19.9. The lowest BCUT2D eigenvalue weighted by Gasteiger charge is -2.18. The number of carbonyl (C=O) groups is 1. The van der Waals surface area contributed by atoms with Crippen molar-refractivity contribution in [1.29, 1.82) is 0 Å². The van der Waals surface area contributed by atoms with Crippen LogP contribution in [-0.2, 0) is 12.7 Å². The van der Waals surface area contributed by atoms with Gasteiger partial charge in [-0.05, 0) is 43.7 Å². The minimum Gasteiger partial charge on any atom is -0.338 e. The molecular formula is C20H19F3N4O. The quantitative estimate of drug-likeness (QED) is 0.679. The summed E-state index contributed by atoms with van der Waals surface area (Å²) in [6.45, 7) is 3.64. The van der Waals surface area contributed by atoms with Gasteiger partial charge in [0.15, 0.2) is 5.65 Å². The molecule has 0 bridgehead atoms. The van der Waals surface area contributed by atoms with Crippen molar-refractivity contribution >= 4 is 17.1 Å². The van der Waals surface area contributed by atoms with E-state index < -0.39 is 11.7 Å². The Morgan fingerprint density at radius 3 is 2.82 bits per heavy atom. The van der Waals surface area contributed by atoms with Gasteiger partial charge in [0.2, 0.25) is 0 Å². The fraction of sp³-hybridized carbons (Fsp3) is 0.350. The summed E-state index contributed by atoms with van der Waals surface area (Å²) >= 11 is 0. The van der Waals surface area contributed by atoms with Crippen molar-refractivity contribution in [3.8, 4) is 0 Å². The van der Waals surface area contributed by atoms with Gasteiger partial charge in [-0.3, -0.25) is 4.79 Å². The van der Waals surface area contributed by atoms with Crippen molar-refractivity contribution in [2.75, 3.05) is 13.1 Å². The maximum atomic E-state index is 12.9. The second-order valence-electron chi connectivity index (χ2n) is 6.88. The summed E-state index contributed by atoms with van der Waals surface area (Å²) < 4.78 is 40.8. The van der Waals surface area contributed by atoms with Gasteiger partial charge in [0.25, 0.3) is 5.91 Å². The predicted molar refractivity (Wildman–Crippen MR) is 97.9 cm³/mol. The molecule has 0 unspecified atom stereocenters. The number of hydrogen-bond donors (Lipinski definition) is 0. The Morgan fingerprint density at radius 2 is 2.07 bits per heavy atom. The Hall–Kier alpha value is -2.90. The molecule has 1 amide bonds. The number of carbonyl (C=O) groups excluding carboxylic acids is 1. The van der Waals surface area contributed by atoms with Gasteiger partial charge in [-0.15, -0.1) is 0 Å². The number of pyridine rings is 1. The SMILES string of the molecule is CCn1c([C@@H]2CCN(C(=O)c3cccc(C(F)(F)F)c3)C2)nc2cccnc21. The highest BCUT2D eigenvalue weighted by atomic mass is 19.4. The van der Waals surface area contributed by atoms with Gasteiger partial charge in [-0.25, -0.2) is 9.97 Å². The second kappa shape index (κ2) is 6.92. The fourth-order valence-corrected chi connectivity index (χ4v) is 3.77. The van der Waals surface area contributed by atoms with E-state index in [4.69, 9.17) is 4.98 Å². The molecule has 0 spiro atoms. The van der Waals surface area contributed by atoms with Crippen LogP contribution in [0.3, 0.4) is 0 Å². The summed E-state index contributed by atoms with van der Waals surface area (Å²) in [6.07, 6.45) is -2.03. The Morgan fingerprint density at radius 1 is 1.25 bits per heavy atom. The summed E-state index contributed by atoms with van der Waals surface area (Å²) in [5.74, 6) is 0.519. The maximum absolute atomic E-state index is 12.9. The lowest BCUT2D eigenvalue weighted by Crippen LogP contribution is -2.29. The van der Waals surface area contributed by atoms with E-state index >= 15 is 0 Å². The number of nitrogens with zero attached hydrogens (tertiary/aromatic N) is 4. The molecule has 28 heavy (non-hydrogen) atoms. The van der Waals surface area contributed by atoms with Crippen molar-refractivity contribution in [1.82, 2.24) is 19.4 Å². The van der Waals surface area contributed by atoms with Crippen molar-refractivity contribution in [2.24, 2.45) is 0 Å². The number of rotatable bonds is 3. The van der Waals surface area contributed by atoms with E-state index in [1.54, 1.807) is 11.1 Å². The third-order valence-corrected chi connectivity index (χ3v) is 5.13. The van der Waals surface area contributed by atoms with Crippen LogP contribution >= 0.6 is 0 Å². The zero-order valence-corrected chi connectivity index (χ0v) is 15.3. The average molecular weight is 388 g/mol. The Balaban J connectivity index is 1.57. The first-order valence-corrected chi connectivity index (χ1v) is 9.16. The minimum atomic E-state index is -4.47. The molecule has 146 valence electrons. The molecule has 1 aromatic carbocycles. The Bertz CT molecular complexity index is 1030. The number of aromatic nitrogens is 3. The summed E-state index contributed by atoms with van der Waals surface area (Å²) in [5, 5.41) is 0. The van der Waals surface area contributed by atoms with Crippen molar-refractivity contribution < 1.29 is 18.0 Å². The summed E-state index contributed by atoms with van der Waals surface area (Å²) in [7, 11) is 0. The molecule has 4 rings (SSSR count). The summed E-state index contributed by atoms with van der Waals surface area (Å²) in [4.78, 5) is 23.4. The molecule has 0 radical (unpaired) electrons. The number of amides is 1. The molecule has 0 aliphatic carbocycles. The average Bonchev–Trinajstić information content (AvgIpc) is 3.31. The first-order chi connectivity index (χ1) is 13.4. The van der Waals surface area contributed by atoms with Crippen LogP contribution in [0.4, 0.5) is 13.2 Å². The molecule has 3 heterocycles. The lowest BCUT2D eigenvalue weighted by molar-refractivity contribution is -0.137. The molecule has 1 aliphatic rings. The molecule has 1 fully saturated rings. The second-order valence-corrected chi connectivity index (χ2v) is 6.88. The van der Waals surface area contributed by atoms with E-state index in [1.165, 1.54) is 12.1 Å². The topological polar surface area (TPSA) is 51.0 Å². The highest BCUT2D eigenvalue weighted by Crippen LogP contribution is 2.32. The summed E-state index contributed by atoms with van der Waals surface area (Å²) in [5.41, 5.74) is 0.860. The first kappa shape index (κ1) is 18.5. The molecule has 0 saturated carbocycles. The van der Waals surface area contributed by atoms with E-state index in [0.29, 0.717) is 26.1 Å². The smallest absolute Gasteiger partial charge is 0.338 e. The molecule has 1 saturated heterocycles. The largest absolute Gasteiger partial charge is 0.416 e. The van der Waals surface area contributed by atoms with Crippen molar-refractivity contribution in [3.63, 3.8) is 0 Å². The number of hydrogen-bond acceptors (Lipinski definition) is 3. The third-order valence-electron chi connectivity index (χ3n) is 5.13. The minimum absolute atomic E-state index is 0.0314. The van der Waals surface area contributed by atoms with Gasteiger partial charge in [-0.2, -0.15) is 13.2 Å². The van der Waals surface area contributed by atoms with Gasteiger partial charge < -0.3 is 9.47 Å². The number of benzene rings is 1. The van der Waals surface area contributed by atoms with Crippen LogP contribution < -0.4 is 0 Å². The van der Waals surface area contributed by atoms with Crippen LogP contribution in [-0.4, -0.2) is 38.4 Å². The van der Waals surface area contributed by atoms with Gasteiger partial charge in [0.05, 0.1) is 5.56 Å². The number of alkyl halides is 3. The van der Waals surface area contributed by atoms with Crippen LogP contribution in [0.1, 0.15) is 41.0 Å². The highest BCUT2D eigenvalue weighted by molar-refractivity contribution is 5.94. The van der Waals surface area contributed by atoms with E-state index in [-0.39, 0.29) is 17.4 Å². The van der Waals surface area contributed by atoms with Crippen molar-refractivity contribution in [3.05, 3.63) is 59.5 Å². The number of fused-ring (bicyclic) bond motifs is 1. The van der Waals surface area contributed by atoms with Crippen molar-refractivity contribution in [2.45, 2.75) is 32.0 Å². The standard InChI is InChI=1S/C20H19F3N4O/c1-2-27-17(25-16-7-4-9-24-18(16)27)14-8-10-26(12-14)19(28)13-5-3-6-15(11-13)20(21,22)23/h3-7,9,11,14H,2,8,10,12H2,1H3/t14-/m1/s1. The Labute approximate surface area is 159 Å². The molecule has 1 atom stereocenters. The normalized spacial score (nSPS) is 17.4. The maximum Gasteiger partial charge on any atom is 0.416 e.